The van der Waals surface area contributed by atoms with Crippen molar-refractivity contribution in [1.29, 1.82) is 0 Å². The Bertz CT molecular complexity index is 72.1. The molecule has 0 aromatic heterocycles. The van der Waals surface area contributed by atoms with Crippen LogP contribution in [0.3, 0.4) is 0 Å². The van der Waals surface area contributed by atoms with Crippen molar-refractivity contribution in [3.63, 3.8) is 0 Å². The first-order chi connectivity index (χ1) is 3.71. The molecule has 0 saturated carbocycles. The Kier molecular flexibility index (Phi) is 2.20. The molecule has 0 N–H and O–H groups in total. The van der Waals surface area contributed by atoms with Gasteiger partial charge in [-0.05, 0) is 5.41 Å². The molecule has 0 fully saturated rings. The molecule has 0 aliphatic carbocycles. The Morgan fingerprint density at radius 2 is 1.56 bits per heavy atom. The number of rotatable bonds is 1. The SMILES string of the molecule is [CH2]C(F)(F)CC(C)(C)C. The highest BCUT2D eigenvalue weighted by Gasteiger charge is 2.28. The van der Waals surface area contributed by atoms with Gasteiger partial charge in [-0.25, -0.2) is 8.78 Å². The van der Waals surface area contributed by atoms with E-state index in [-0.39, 0.29) is 11.8 Å². The van der Waals surface area contributed by atoms with Crippen LogP contribution in [0.2, 0.25) is 0 Å². The molecule has 0 saturated heterocycles. The molecule has 0 aromatic rings. The van der Waals surface area contributed by atoms with Crippen LogP contribution in [0.1, 0.15) is 27.2 Å². The van der Waals surface area contributed by atoms with E-state index in [2.05, 4.69) is 6.92 Å². The summed E-state index contributed by atoms with van der Waals surface area (Å²) in [5.41, 5.74) is -0.328. The molecule has 55 valence electrons. The van der Waals surface area contributed by atoms with Crippen LogP contribution in [0.5, 0.6) is 0 Å². The first-order valence-corrected chi connectivity index (χ1v) is 2.94. The van der Waals surface area contributed by atoms with Crippen molar-refractivity contribution < 1.29 is 8.78 Å². The van der Waals surface area contributed by atoms with E-state index in [1.54, 1.807) is 20.8 Å². The van der Waals surface area contributed by atoms with Crippen molar-refractivity contribution in [3.8, 4) is 0 Å². The van der Waals surface area contributed by atoms with Gasteiger partial charge < -0.3 is 0 Å². The molecule has 0 aromatic carbocycles. The zero-order valence-corrected chi connectivity index (χ0v) is 6.17. The van der Waals surface area contributed by atoms with Gasteiger partial charge in [0, 0.05) is 13.3 Å². The minimum atomic E-state index is -2.77. The second-order valence-electron chi connectivity index (χ2n) is 3.59. The van der Waals surface area contributed by atoms with Crippen molar-refractivity contribution in [1.82, 2.24) is 0 Å². The van der Waals surface area contributed by atoms with Gasteiger partial charge in [0.25, 0.3) is 0 Å². The van der Waals surface area contributed by atoms with E-state index in [4.69, 9.17) is 0 Å². The normalized spacial score (nSPS) is 14.0. The molecule has 2 heteroatoms. The smallest absolute Gasteiger partial charge is 0.207 e. The first kappa shape index (κ1) is 8.86. The molecule has 0 bridgehead atoms. The van der Waals surface area contributed by atoms with Gasteiger partial charge in [0.2, 0.25) is 5.92 Å². The zero-order chi connectivity index (χ0) is 7.71. The largest absolute Gasteiger partial charge is 0.248 e. The predicted molar refractivity (Wildman–Crippen MR) is 34.4 cm³/mol. The summed E-state index contributed by atoms with van der Waals surface area (Å²) in [5.74, 6) is -2.77. The van der Waals surface area contributed by atoms with Crippen LogP contribution in [0, 0.1) is 12.3 Å². The van der Waals surface area contributed by atoms with Crippen molar-refractivity contribution in [2.45, 2.75) is 33.1 Å². The van der Waals surface area contributed by atoms with Gasteiger partial charge in [-0.3, -0.25) is 0 Å². The quantitative estimate of drug-likeness (QED) is 0.518. The second kappa shape index (κ2) is 2.24. The Labute approximate surface area is 55.3 Å². The van der Waals surface area contributed by atoms with E-state index >= 15 is 0 Å². The molecule has 0 heterocycles. The fourth-order valence-corrected chi connectivity index (χ4v) is 0.776. The van der Waals surface area contributed by atoms with E-state index in [1.807, 2.05) is 0 Å². The maximum Gasteiger partial charge on any atom is 0.248 e. The summed E-state index contributed by atoms with van der Waals surface area (Å²) in [6.07, 6.45) is -0.153. The predicted octanol–water partition coefficient (Wildman–Crippen LogP) is 2.89. The minimum absolute atomic E-state index is 0.153. The van der Waals surface area contributed by atoms with Crippen LogP contribution in [-0.4, -0.2) is 5.92 Å². The molecule has 0 atom stereocenters. The number of halogens is 2. The Morgan fingerprint density at radius 1 is 1.22 bits per heavy atom. The van der Waals surface area contributed by atoms with Gasteiger partial charge in [0.1, 0.15) is 0 Å². The summed E-state index contributed by atoms with van der Waals surface area (Å²) in [6.45, 7) is 8.03. The van der Waals surface area contributed by atoms with Crippen LogP contribution in [0.25, 0.3) is 0 Å². The van der Waals surface area contributed by atoms with Crippen LogP contribution >= 0.6 is 0 Å². The first-order valence-electron chi connectivity index (χ1n) is 2.94. The summed E-state index contributed by atoms with van der Waals surface area (Å²) in [7, 11) is 0. The average Bonchev–Trinajstić information content (AvgIpc) is 1.14. The summed E-state index contributed by atoms with van der Waals surface area (Å²) < 4.78 is 24.2. The molecule has 0 aliphatic heterocycles. The molecular weight excluding hydrogens is 122 g/mol. The third kappa shape index (κ3) is 7.86. The Morgan fingerprint density at radius 3 is 1.56 bits per heavy atom. The van der Waals surface area contributed by atoms with Crippen molar-refractivity contribution in [2.24, 2.45) is 5.41 Å². The maximum atomic E-state index is 12.1. The topological polar surface area (TPSA) is 0 Å². The third-order valence-corrected chi connectivity index (χ3v) is 0.789. The number of hydrogen-bond acceptors (Lipinski definition) is 0. The lowest BCUT2D eigenvalue weighted by molar-refractivity contribution is 0.00970. The third-order valence-electron chi connectivity index (χ3n) is 0.789. The van der Waals surface area contributed by atoms with Crippen molar-refractivity contribution >= 4 is 0 Å². The van der Waals surface area contributed by atoms with E-state index in [0.717, 1.165) is 0 Å². The van der Waals surface area contributed by atoms with E-state index in [1.165, 1.54) is 0 Å². The number of hydrogen-bond donors (Lipinski definition) is 0. The molecule has 0 amide bonds. The fraction of sp³-hybridized carbons (Fsp3) is 0.857. The Hall–Kier alpha value is -0.140. The summed E-state index contributed by atoms with van der Waals surface area (Å²) in [6, 6.07) is 0. The molecule has 0 aliphatic rings. The minimum Gasteiger partial charge on any atom is -0.207 e. The van der Waals surface area contributed by atoms with Gasteiger partial charge in [-0.15, -0.1) is 0 Å². The summed E-state index contributed by atoms with van der Waals surface area (Å²) >= 11 is 0. The Balaban J connectivity index is 3.75. The summed E-state index contributed by atoms with van der Waals surface area (Å²) in [5, 5.41) is 0. The van der Waals surface area contributed by atoms with Gasteiger partial charge in [0.05, 0.1) is 0 Å². The molecular formula is C7H13F2. The number of alkyl halides is 2. The van der Waals surface area contributed by atoms with Crippen LogP contribution in [-0.2, 0) is 0 Å². The average molecular weight is 135 g/mol. The molecule has 0 nitrogen and oxygen atoms in total. The fourth-order valence-electron chi connectivity index (χ4n) is 0.776. The maximum absolute atomic E-state index is 12.1. The lowest BCUT2D eigenvalue weighted by Gasteiger charge is -2.22. The highest BCUT2D eigenvalue weighted by atomic mass is 19.3. The van der Waals surface area contributed by atoms with Gasteiger partial charge >= 0.3 is 0 Å². The van der Waals surface area contributed by atoms with E-state index < -0.39 is 5.92 Å². The monoisotopic (exact) mass is 135 g/mol. The van der Waals surface area contributed by atoms with Gasteiger partial charge in [-0.2, -0.15) is 0 Å². The molecule has 0 unspecified atom stereocenters. The van der Waals surface area contributed by atoms with Gasteiger partial charge in [0.15, 0.2) is 0 Å². The second-order valence-corrected chi connectivity index (χ2v) is 3.59. The zero-order valence-electron chi connectivity index (χ0n) is 6.17. The highest BCUT2D eigenvalue weighted by molar-refractivity contribution is 4.76. The highest BCUT2D eigenvalue weighted by Crippen LogP contribution is 2.30. The van der Waals surface area contributed by atoms with Crippen LogP contribution in [0.4, 0.5) is 8.78 Å². The van der Waals surface area contributed by atoms with Crippen molar-refractivity contribution in [2.75, 3.05) is 0 Å². The van der Waals surface area contributed by atoms with Crippen molar-refractivity contribution in [3.05, 3.63) is 6.92 Å². The lowest BCUT2D eigenvalue weighted by atomic mass is 9.89. The molecule has 1 radical (unpaired) electrons. The molecule has 0 spiro atoms. The van der Waals surface area contributed by atoms with E-state index in [9.17, 15) is 8.78 Å². The standard InChI is InChI=1S/C7H13F2/c1-6(2,3)5-7(4,8)9/h4-5H2,1-3H3. The van der Waals surface area contributed by atoms with Gasteiger partial charge in [-0.1, -0.05) is 20.8 Å². The van der Waals surface area contributed by atoms with Crippen LogP contribution in [0.15, 0.2) is 0 Å². The van der Waals surface area contributed by atoms with E-state index in [0.29, 0.717) is 0 Å². The summed E-state index contributed by atoms with van der Waals surface area (Å²) in [4.78, 5) is 0. The lowest BCUT2D eigenvalue weighted by Crippen LogP contribution is -2.20. The molecule has 9 heavy (non-hydrogen) atoms. The van der Waals surface area contributed by atoms with Crippen LogP contribution < -0.4 is 0 Å². The molecule has 0 rings (SSSR count).